The topological polar surface area (TPSA) is 72.0 Å². The lowest BCUT2D eigenvalue weighted by molar-refractivity contribution is 0.419. The van der Waals surface area contributed by atoms with Gasteiger partial charge in [-0.05, 0) is 25.1 Å². The molecule has 0 radical (unpaired) electrons. The second kappa shape index (κ2) is 5.97. The zero-order valence-electron chi connectivity index (χ0n) is 11.4. The maximum Gasteiger partial charge on any atom is 0.261 e. The van der Waals surface area contributed by atoms with E-state index >= 15 is 0 Å². The van der Waals surface area contributed by atoms with Crippen molar-refractivity contribution in [1.82, 2.24) is 15.1 Å². The zero-order valence-corrected chi connectivity index (χ0v) is 12.2. The van der Waals surface area contributed by atoms with Crippen LogP contribution >= 0.6 is 11.8 Å². The minimum Gasteiger partial charge on any atom is -0.505 e. The minimum atomic E-state index is 0.0267. The van der Waals surface area contributed by atoms with E-state index in [9.17, 15) is 5.11 Å². The standard InChI is InChI=1S/C15H13N3O2S/c1-10-2-4-11(5-3-10)21-9-14-17-15(20-18-14)12-6-7-16-8-13(12)19/h2-8,19H,9H2,1H3. The highest BCUT2D eigenvalue weighted by atomic mass is 32.2. The van der Waals surface area contributed by atoms with Gasteiger partial charge in [0, 0.05) is 11.1 Å². The van der Waals surface area contributed by atoms with E-state index in [1.165, 1.54) is 11.8 Å². The first-order valence-electron chi connectivity index (χ1n) is 6.38. The van der Waals surface area contributed by atoms with Crippen LogP contribution in [0.5, 0.6) is 5.75 Å². The Hall–Kier alpha value is -2.34. The van der Waals surface area contributed by atoms with E-state index in [2.05, 4.69) is 46.3 Å². The molecular formula is C15H13N3O2S. The van der Waals surface area contributed by atoms with Crippen molar-refractivity contribution in [3.05, 3.63) is 54.1 Å². The summed E-state index contributed by atoms with van der Waals surface area (Å²) in [6.45, 7) is 2.06. The number of benzene rings is 1. The third-order valence-electron chi connectivity index (χ3n) is 2.89. The highest BCUT2D eigenvalue weighted by Gasteiger charge is 2.12. The van der Waals surface area contributed by atoms with Gasteiger partial charge in [0.05, 0.1) is 17.5 Å². The molecule has 1 N–H and O–H groups in total. The van der Waals surface area contributed by atoms with Crippen molar-refractivity contribution >= 4 is 11.8 Å². The maximum absolute atomic E-state index is 9.71. The molecule has 5 nitrogen and oxygen atoms in total. The van der Waals surface area contributed by atoms with Crippen molar-refractivity contribution in [2.75, 3.05) is 0 Å². The maximum atomic E-state index is 9.71. The van der Waals surface area contributed by atoms with E-state index in [0.29, 0.717) is 23.0 Å². The molecule has 2 aromatic heterocycles. The summed E-state index contributed by atoms with van der Waals surface area (Å²) in [6, 6.07) is 9.91. The van der Waals surface area contributed by atoms with Gasteiger partial charge in [0.25, 0.3) is 5.89 Å². The van der Waals surface area contributed by atoms with E-state index in [1.807, 2.05) is 0 Å². The Morgan fingerprint density at radius 2 is 2.00 bits per heavy atom. The summed E-state index contributed by atoms with van der Waals surface area (Å²) in [5.41, 5.74) is 1.72. The number of pyridine rings is 1. The molecule has 106 valence electrons. The average Bonchev–Trinajstić information content (AvgIpc) is 2.96. The minimum absolute atomic E-state index is 0.0267. The molecule has 3 rings (SSSR count). The van der Waals surface area contributed by atoms with E-state index < -0.39 is 0 Å². The molecule has 1 aromatic carbocycles. The number of nitrogens with zero attached hydrogens (tertiary/aromatic N) is 3. The summed E-state index contributed by atoms with van der Waals surface area (Å²) in [5, 5.41) is 13.6. The SMILES string of the molecule is Cc1ccc(SCc2noc(-c3ccncc3O)n2)cc1. The van der Waals surface area contributed by atoms with E-state index in [0.717, 1.165) is 4.90 Å². The van der Waals surface area contributed by atoms with Crippen LogP contribution in [0, 0.1) is 6.92 Å². The van der Waals surface area contributed by atoms with Crippen molar-refractivity contribution in [1.29, 1.82) is 0 Å². The molecule has 0 fully saturated rings. The normalized spacial score (nSPS) is 10.7. The number of hydrogen-bond acceptors (Lipinski definition) is 6. The Morgan fingerprint density at radius 1 is 1.19 bits per heavy atom. The average molecular weight is 299 g/mol. The van der Waals surface area contributed by atoms with Crippen LogP contribution in [0.4, 0.5) is 0 Å². The largest absolute Gasteiger partial charge is 0.505 e. The fraction of sp³-hybridized carbons (Fsp3) is 0.133. The molecule has 0 spiro atoms. The van der Waals surface area contributed by atoms with Gasteiger partial charge in [-0.2, -0.15) is 4.98 Å². The molecule has 0 atom stereocenters. The van der Waals surface area contributed by atoms with Crippen molar-refractivity contribution < 1.29 is 9.63 Å². The van der Waals surface area contributed by atoms with Crippen LogP contribution in [0.25, 0.3) is 11.5 Å². The molecule has 0 unspecified atom stereocenters. The molecule has 2 heterocycles. The Morgan fingerprint density at radius 3 is 2.76 bits per heavy atom. The summed E-state index contributed by atoms with van der Waals surface area (Å²) >= 11 is 1.64. The lowest BCUT2D eigenvalue weighted by atomic mass is 10.2. The number of aromatic hydroxyl groups is 1. The van der Waals surface area contributed by atoms with Crippen molar-refractivity contribution in [2.24, 2.45) is 0 Å². The Labute approximate surface area is 126 Å². The summed E-state index contributed by atoms with van der Waals surface area (Å²) in [7, 11) is 0. The monoisotopic (exact) mass is 299 g/mol. The van der Waals surface area contributed by atoms with Gasteiger partial charge < -0.3 is 9.63 Å². The number of aromatic nitrogens is 3. The van der Waals surface area contributed by atoms with Crippen LogP contribution in [0.1, 0.15) is 11.4 Å². The highest BCUT2D eigenvalue weighted by molar-refractivity contribution is 7.98. The zero-order chi connectivity index (χ0) is 14.7. The van der Waals surface area contributed by atoms with Gasteiger partial charge in [-0.25, -0.2) is 0 Å². The number of thioether (sulfide) groups is 1. The smallest absolute Gasteiger partial charge is 0.261 e. The molecule has 6 heteroatoms. The summed E-state index contributed by atoms with van der Waals surface area (Å²) in [4.78, 5) is 9.26. The fourth-order valence-corrected chi connectivity index (χ4v) is 2.51. The van der Waals surface area contributed by atoms with Crippen molar-refractivity contribution in [3.63, 3.8) is 0 Å². The van der Waals surface area contributed by atoms with Gasteiger partial charge in [0.1, 0.15) is 5.75 Å². The Kier molecular flexibility index (Phi) is 3.87. The van der Waals surface area contributed by atoms with Gasteiger partial charge in [0.2, 0.25) is 0 Å². The van der Waals surface area contributed by atoms with Crippen molar-refractivity contribution in [2.45, 2.75) is 17.6 Å². The number of rotatable bonds is 4. The molecule has 0 saturated heterocycles. The van der Waals surface area contributed by atoms with E-state index in [1.54, 1.807) is 24.0 Å². The molecule has 0 aliphatic heterocycles. The predicted octanol–water partition coefficient (Wildman–Crippen LogP) is 3.44. The molecule has 0 aliphatic carbocycles. The molecule has 0 bridgehead atoms. The van der Waals surface area contributed by atoms with E-state index in [-0.39, 0.29) is 5.75 Å². The Bertz CT molecular complexity index is 741. The second-order valence-corrected chi connectivity index (χ2v) is 5.56. The quantitative estimate of drug-likeness (QED) is 0.744. The van der Waals surface area contributed by atoms with Crippen LogP contribution in [0.3, 0.4) is 0 Å². The van der Waals surface area contributed by atoms with Gasteiger partial charge in [-0.1, -0.05) is 22.9 Å². The summed E-state index contributed by atoms with van der Waals surface area (Å²) < 4.78 is 5.18. The number of aryl methyl sites for hydroxylation is 1. The number of hydrogen-bond donors (Lipinski definition) is 1. The lowest BCUT2D eigenvalue weighted by Crippen LogP contribution is -1.85. The van der Waals surface area contributed by atoms with Crippen LogP contribution < -0.4 is 0 Å². The lowest BCUT2D eigenvalue weighted by Gasteiger charge is -1.98. The molecule has 21 heavy (non-hydrogen) atoms. The van der Waals surface area contributed by atoms with Gasteiger partial charge in [-0.3, -0.25) is 4.98 Å². The first-order chi connectivity index (χ1) is 10.2. The first-order valence-corrected chi connectivity index (χ1v) is 7.36. The van der Waals surface area contributed by atoms with Crippen LogP contribution in [-0.2, 0) is 5.75 Å². The van der Waals surface area contributed by atoms with Gasteiger partial charge >= 0.3 is 0 Å². The molecular weight excluding hydrogens is 286 g/mol. The van der Waals surface area contributed by atoms with Crippen LogP contribution in [-0.4, -0.2) is 20.2 Å². The van der Waals surface area contributed by atoms with Crippen LogP contribution in [0.15, 0.2) is 52.1 Å². The first kappa shape index (κ1) is 13.6. The third-order valence-corrected chi connectivity index (χ3v) is 3.90. The van der Waals surface area contributed by atoms with Crippen molar-refractivity contribution in [3.8, 4) is 17.2 Å². The molecule has 0 aliphatic rings. The van der Waals surface area contributed by atoms with Crippen LogP contribution in [0.2, 0.25) is 0 Å². The highest BCUT2D eigenvalue weighted by Crippen LogP contribution is 2.27. The molecule has 3 aromatic rings. The van der Waals surface area contributed by atoms with Gasteiger partial charge in [-0.15, -0.1) is 11.8 Å². The summed E-state index contributed by atoms with van der Waals surface area (Å²) in [5.74, 6) is 1.53. The predicted molar refractivity (Wildman–Crippen MR) is 79.9 cm³/mol. The molecule has 0 amide bonds. The Balaban J connectivity index is 1.71. The third kappa shape index (κ3) is 3.22. The fourth-order valence-electron chi connectivity index (χ4n) is 1.77. The molecule has 0 saturated carbocycles. The van der Waals surface area contributed by atoms with Gasteiger partial charge in [0.15, 0.2) is 5.82 Å². The summed E-state index contributed by atoms with van der Waals surface area (Å²) in [6.07, 6.45) is 2.92. The second-order valence-electron chi connectivity index (χ2n) is 4.51. The van der Waals surface area contributed by atoms with E-state index in [4.69, 9.17) is 4.52 Å².